The number of hydrogen-bond acceptors (Lipinski definition) is 3. The van der Waals surface area contributed by atoms with Crippen LogP contribution in [0.5, 0.6) is 0 Å². The van der Waals surface area contributed by atoms with Gasteiger partial charge in [0.1, 0.15) is 0 Å². The molecule has 1 heterocycles. The Bertz CT molecular complexity index is 821. The van der Waals surface area contributed by atoms with Crippen molar-refractivity contribution in [2.45, 2.75) is 12.8 Å². The molecule has 1 saturated heterocycles. The molecule has 3 rings (SSSR count). The van der Waals surface area contributed by atoms with Crippen LogP contribution < -0.4 is 15.8 Å². The summed E-state index contributed by atoms with van der Waals surface area (Å²) in [5.74, 6) is -0.861. The summed E-state index contributed by atoms with van der Waals surface area (Å²) >= 11 is 5.77. The second kappa shape index (κ2) is 7.36. The van der Waals surface area contributed by atoms with Crippen LogP contribution in [-0.4, -0.2) is 24.3 Å². The van der Waals surface area contributed by atoms with Crippen molar-refractivity contribution in [3.05, 3.63) is 64.7 Å². The Balaban J connectivity index is 1.64. The molecule has 0 radical (unpaired) electrons. The predicted molar refractivity (Wildman–Crippen MR) is 94.4 cm³/mol. The van der Waals surface area contributed by atoms with Gasteiger partial charge in [0.05, 0.1) is 0 Å². The molecule has 0 aliphatic carbocycles. The van der Waals surface area contributed by atoms with Crippen LogP contribution in [0.15, 0.2) is 48.5 Å². The number of benzene rings is 2. The molecule has 0 bridgehead atoms. The second-order valence-electron chi connectivity index (χ2n) is 5.61. The molecular weight excluding hydrogens is 342 g/mol. The number of carbonyl (C=O) groups is 3. The van der Waals surface area contributed by atoms with E-state index in [1.54, 1.807) is 53.4 Å². The summed E-state index contributed by atoms with van der Waals surface area (Å²) in [6.45, 7) is 0.650. The normalized spacial score (nSPS) is 13.6. The maximum absolute atomic E-state index is 12.2. The predicted octanol–water partition coefficient (Wildman–Crippen LogP) is 2.54. The Morgan fingerprint density at radius 1 is 0.960 bits per heavy atom. The molecule has 2 aromatic carbocycles. The third kappa shape index (κ3) is 3.97. The van der Waals surface area contributed by atoms with Crippen LogP contribution in [0.1, 0.15) is 33.6 Å². The Labute approximate surface area is 149 Å². The highest BCUT2D eigenvalue weighted by Gasteiger charge is 2.22. The highest BCUT2D eigenvalue weighted by molar-refractivity contribution is 6.30. The van der Waals surface area contributed by atoms with Crippen molar-refractivity contribution in [1.29, 1.82) is 0 Å². The van der Waals surface area contributed by atoms with Crippen molar-refractivity contribution in [2.24, 2.45) is 0 Å². The van der Waals surface area contributed by atoms with Crippen molar-refractivity contribution in [1.82, 2.24) is 10.9 Å². The van der Waals surface area contributed by atoms with Gasteiger partial charge in [-0.25, -0.2) is 0 Å². The fourth-order valence-corrected chi connectivity index (χ4v) is 2.72. The number of carbonyl (C=O) groups excluding carboxylic acids is 3. The molecule has 25 heavy (non-hydrogen) atoms. The largest absolute Gasteiger partial charge is 0.312 e. The summed E-state index contributed by atoms with van der Waals surface area (Å²) in [7, 11) is 0. The van der Waals surface area contributed by atoms with E-state index in [1.165, 1.54) is 0 Å². The number of rotatable bonds is 3. The zero-order valence-corrected chi connectivity index (χ0v) is 14.0. The van der Waals surface area contributed by atoms with E-state index in [9.17, 15) is 14.4 Å². The number of hydrazine groups is 1. The quantitative estimate of drug-likeness (QED) is 0.828. The summed E-state index contributed by atoms with van der Waals surface area (Å²) in [4.78, 5) is 37.7. The number of nitrogens with zero attached hydrogens (tertiary/aromatic N) is 1. The molecule has 0 saturated carbocycles. The molecule has 0 aromatic heterocycles. The molecule has 3 amide bonds. The maximum Gasteiger partial charge on any atom is 0.269 e. The molecule has 0 atom stereocenters. The van der Waals surface area contributed by atoms with Gasteiger partial charge in [-0.2, -0.15) is 0 Å². The monoisotopic (exact) mass is 357 g/mol. The molecule has 128 valence electrons. The average molecular weight is 358 g/mol. The smallest absolute Gasteiger partial charge is 0.269 e. The van der Waals surface area contributed by atoms with Crippen molar-refractivity contribution >= 4 is 35.0 Å². The Morgan fingerprint density at radius 2 is 1.64 bits per heavy atom. The van der Waals surface area contributed by atoms with Gasteiger partial charge in [0.15, 0.2) is 0 Å². The first-order valence-electron chi connectivity index (χ1n) is 7.81. The molecule has 1 fully saturated rings. The number of hydrogen-bond donors (Lipinski definition) is 2. The lowest BCUT2D eigenvalue weighted by molar-refractivity contribution is -0.117. The number of anilines is 1. The van der Waals surface area contributed by atoms with Gasteiger partial charge < -0.3 is 4.90 Å². The number of halogens is 1. The molecule has 1 aliphatic heterocycles. The highest BCUT2D eigenvalue weighted by Crippen LogP contribution is 2.22. The lowest BCUT2D eigenvalue weighted by Crippen LogP contribution is -2.41. The lowest BCUT2D eigenvalue weighted by Gasteiger charge is -2.16. The summed E-state index contributed by atoms with van der Waals surface area (Å²) in [5, 5.41) is 0.522. The average Bonchev–Trinajstić information content (AvgIpc) is 3.06. The Hall–Kier alpha value is -2.86. The van der Waals surface area contributed by atoms with Crippen LogP contribution in [0.4, 0.5) is 5.69 Å². The van der Waals surface area contributed by atoms with Crippen LogP contribution in [-0.2, 0) is 4.79 Å². The van der Waals surface area contributed by atoms with E-state index >= 15 is 0 Å². The fraction of sp³-hybridized carbons (Fsp3) is 0.167. The number of amides is 3. The van der Waals surface area contributed by atoms with E-state index < -0.39 is 11.8 Å². The van der Waals surface area contributed by atoms with Crippen LogP contribution >= 0.6 is 11.6 Å². The van der Waals surface area contributed by atoms with E-state index in [0.717, 1.165) is 6.42 Å². The van der Waals surface area contributed by atoms with Crippen molar-refractivity contribution in [3.8, 4) is 0 Å². The topological polar surface area (TPSA) is 78.5 Å². The van der Waals surface area contributed by atoms with E-state index in [-0.39, 0.29) is 5.91 Å². The molecule has 6 nitrogen and oxygen atoms in total. The van der Waals surface area contributed by atoms with Gasteiger partial charge in [-0.1, -0.05) is 17.7 Å². The SMILES string of the molecule is O=C(NNC(=O)c1cccc(N2CCCC2=O)c1)c1ccc(Cl)cc1. The van der Waals surface area contributed by atoms with Gasteiger partial charge in [-0.05, 0) is 48.9 Å². The van der Waals surface area contributed by atoms with Crippen LogP contribution in [0.2, 0.25) is 5.02 Å². The standard InChI is InChI=1S/C18H16ClN3O3/c19-14-8-6-12(7-9-14)17(24)20-21-18(25)13-3-1-4-15(11-13)22-10-2-5-16(22)23/h1,3-4,6-9,11H,2,5,10H2,(H,20,24)(H,21,25). The Morgan fingerprint density at radius 3 is 2.28 bits per heavy atom. The molecule has 7 heteroatoms. The minimum Gasteiger partial charge on any atom is -0.312 e. The van der Waals surface area contributed by atoms with Gasteiger partial charge in [0.25, 0.3) is 11.8 Å². The minimum absolute atomic E-state index is 0.0496. The van der Waals surface area contributed by atoms with Gasteiger partial charge in [0, 0.05) is 34.8 Å². The molecule has 1 aliphatic rings. The highest BCUT2D eigenvalue weighted by atomic mass is 35.5. The van der Waals surface area contributed by atoms with Crippen molar-refractivity contribution < 1.29 is 14.4 Å². The summed E-state index contributed by atoms with van der Waals surface area (Å²) in [6, 6.07) is 13.0. The molecule has 0 spiro atoms. The fourth-order valence-electron chi connectivity index (χ4n) is 2.60. The second-order valence-corrected chi connectivity index (χ2v) is 6.05. The van der Waals surface area contributed by atoms with E-state index in [2.05, 4.69) is 10.9 Å². The van der Waals surface area contributed by atoms with Crippen LogP contribution in [0.3, 0.4) is 0 Å². The van der Waals surface area contributed by atoms with Gasteiger partial charge >= 0.3 is 0 Å². The first-order chi connectivity index (χ1) is 12.0. The van der Waals surface area contributed by atoms with Gasteiger partial charge in [0.2, 0.25) is 5.91 Å². The third-order valence-corrected chi connectivity index (χ3v) is 4.14. The summed E-state index contributed by atoms with van der Waals surface area (Å²) in [6.07, 6.45) is 1.33. The Kier molecular flexibility index (Phi) is 5.00. The molecule has 0 unspecified atom stereocenters. The zero-order valence-electron chi connectivity index (χ0n) is 13.3. The van der Waals surface area contributed by atoms with E-state index in [0.29, 0.717) is 34.8 Å². The van der Waals surface area contributed by atoms with Gasteiger partial charge in [-0.3, -0.25) is 25.2 Å². The first kappa shape index (κ1) is 17.0. The van der Waals surface area contributed by atoms with Crippen molar-refractivity contribution in [3.63, 3.8) is 0 Å². The van der Waals surface area contributed by atoms with E-state index in [1.807, 2.05) is 0 Å². The molecule has 2 aromatic rings. The first-order valence-corrected chi connectivity index (χ1v) is 8.19. The number of nitrogens with one attached hydrogen (secondary N) is 2. The zero-order chi connectivity index (χ0) is 17.8. The third-order valence-electron chi connectivity index (χ3n) is 3.89. The maximum atomic E-state index is 12.2. The van der Waals surface area contributed by atoms with Crippen LogP contribution in [0.25, 0.3) is 0 Å². The molecular formula is C18H16ClN3O3. The van der Waals surface area contributed by atoms with Crippen molar-refractivity contribution in [2.75, 3.05) is 11.4 Å². The lowest BCUT2D eigenvalue weighted by atomic mass is 10.2. The molecule has 2 N–H and O–H groups in total. The summed E-state index contributed by atoms with van der Waals surface area (Å²) in [5.41, 5.74) is 6.13. The summed E-state index contributed by atoms with van der Waals surface area (Å²) < 4.78 is 0. The van der Waals surface area contributed by atoms with E-state index in [4.69, 9.17) is 11.6 Å². The van der Waals surface area contributed by atoms with Crippen LogP contribution in [0, 0.1) is 0 Å². The minimum atomic E-state index is -0.462. The van der Waals surface area contributed by atoms with Gasteiger partial charge in [-0.15, -0.1) is 0 Å².